The van der Waals surface area contributed by atoms with Crippen molar-refractivity contribution in [1.82, 2.24) is 0 Å². The Morgan fingerprint density at radius 1 is 1.25 bits per heavy atom. The van der Waals surface area contributed by atoms with Crippen LogP contribution in [0.25, 0.3) is 0 Å². The number of hydrogen-bond acceptors (Lipinski definition) is 2. The molecule has 3 N–H and O–H groups in total. The molecule has 1 unspecified atom stereocenters. The summed E-state index contributed by atoms with van der Waals surface area (Å²) >= 11 is 5.73. The molecular weight excluding hydrogens is 279 g/mol. The van der Waals surface area contributed by atoms with Crippen molar-refractivity contribution in [3.63, 3.8) is 0 Å². The van der Waals surface area contributed by atoms with E-state index < -0.39 is 17.8 Å². The topological polar surface area (TPSA) is 55.1 Å². The van der Waals surface area contributed by atoms with Crippen LogP contribution < -0.4 is 11.1 Å². The number of carbonyl (C=O) groups is 1. The van der Waals surface area contributed by atoms with Crippen molar-refractivity contribution in [3.05, 3.63) is 64.4 Å². The largest absolute Gasteiger partial charge is 0.370 e. The Bertz CT molecular complexity index is 628. The van der Waals surface area contributed by atoms with Crippen LogP contribution in [0, 0.1) is 12.7 Å². The second-order valence-electron chi connectivity index (χ2n) is 4.49. The van der Waals surface area contributed by atoms with E-state index >= 15 is 0 Å². The second-order valence-corrected chi connectivity index (χ2v) is 4.90. The molecule has 2 rings (SSSR count). The van der Waals surface area contributed by atoms with Gasteiger partial charge in [0.25, 0.3) is 0 Å². The van der Waals surface area contributed by atoms with Gasteiger partial charge in [0.1, 0.15) is 11.9 Å². The molecule has 0 aliphatic carbocycles. The van der Waals surface area contributed by atoms with Crippen molar-refractivity contribution in [2.24, 2.45) is 5.73 Å². The highest BCUT2D eigenvalue weighted by Crippen LogP contribution is 2.26. The maximum absolute atomic E-state index is 14.0. The Hall–Kier alpha value is -2.07. The highest BCUT2D eigenvalue weighted by Gasteiger charge is 2.22. The lowest BCUT2D eigenvalue weighted by atomic mass is 10.0. The predicted molar refractivity (Wildman–Crippen MR) is 78.1 cm³/mol. The molecule has 0 spiro atoms. The van der Waals surface area contributed by atoms with Crippen LogP contribution in [0.1, 0.15) is 17.2 Å². The molecule has 0 aromatic heterocycles. The average molecular weight is 293 g/mol. The van der Waals surface area contributed by atoms with Crippen LogP contribution >= 0.6 is 11.6 Å². The molecule has 1 atom stereocenters. The van der Waals surface area contributed by atoms with E-state index in [2.05, 4.69) is 5.32 Å². The number of rotatable bonds is 4. The summed E-state index contributed by atoms with van der Waals surface area (Å²) in [6.45, 7) is 1.95. The van der Waals surface area contributed by atoms with E-state index in [1.807, 2.05) is 19.1 Å². The lowest BCUT2D eigenvalue weighted by molar-refractivity contribution is -0.118. The summed E-state index contributed by atoms with van der Waals surface area (Å²) in [4.78, 5) is 11.6. The van der Waals surface area contributed by atoms with E-state index in [4.69, 9.17) is 17.3 Å². The third kappa shape index (κ3) is 3.08. The Balaban J connectivity index is 2.34. The number of amides is 1. The molecule has 5 heteroatoms. The van der Waals surface area contributed by atoms with Crippen molar-refractivity contribution in [2.45, 2.75) is 13.0 Å². The van der Waals surface area contributed by atoms with E-state index in [-0.39, 0.29) is 10.6 Å². The minimum Gasteiger partial charge on any atom is -0.370 e. The van der Waals surface area contributed by atoms with Crippen molar-refractivity contribution in [3.8, 4) is 0 Å². The van der Waals surface area contributed by atoms with Crippen LogP contribution in [0.3, 0.4) is 0 Å². The number of aryl methyl sites for hydroxylation is 1. The number of hydrogen-bond donors (Lipinski definition) is 2. The summed E-state index contributed by atoms with van der Waals surface area (Å²) in [5.74, 6) is -1.32. The van der Waals surface area contributed by atoms with Crippen molar-refractivity contribution in [2.75, 3.05) is 5.32 Å². The van der Waals surface area contributed by atoms with Crippen LogP contribution in [0.15, 0.2) is 42.5 Å². The molecule has 0 saturated carbocycles. The summed E-state index contributed by atoms with van der Waals surface area (Å²) in [5.41, 5.74) is 7.25. The summed E-state index contributed by atoms with van der Waals surface area (Å²) in [6, 6.07) is 10.9. The monoisotopic (exact) mass is 292 g/mol. The van der Waals surface area contributed by atoms with Gasteiger partial charge in [-0.2, -0.15) is 0 Å². The molecule has 104 valence electrons. The van der Waals surface area contributed by atoms with Gasteiger partial charge in [0.05, 0.1) is 5.02 Å². The van der Waals surface area contributed by atoms with Crippen LogP contribution in [-0.4, -0.2) is 5.91 Å². The number of nitrogens with two attached hydrogens (primary N) is 1. The van der Waals surface area contributed by atoms with Gasteiger partial charge in [-0.05, 0) is 25.1 Å². The number of carbonyl (C=O) groups excluding carboxylic acids is 1. The van der Waals surface area contributed by atoms with E-state index in [0.29, 0.717) is 5.69 Å². The van der Waals surface area contributed by atoms with Crippen LogP contribution in [0.2, 0.25) is 5.02 Å². The standard InChI is InChI=1S/C15H14ClFN2O/c1-9-5-7-10(8-6-9)19-14(15(18)20)11-3-2-4-12(16)13(11)17/h2-8,14,19H,1H3,(H2,18,20). The first-order valence-corrected chi connectivity index (χ1v) is 6.43. The molecule has 0 saturated heterocycles. The molecule has 0 aliphatic heterocycles. The Kier molecular flexibility index (Phi) is 4.25. The summed E-state index contributed by atoms with van der Waals surface area (Å²) in [7, 11) is 0. The zero-order valence-electron chi connectivity index (χ0n) is 10.9. The molecule has 0 radical (unpaired) electrons. The summed E-state index contributed by atoms with van der Waals surface area (Å²) in [5, 5.41) is 2.87. The molecule has 20 heavy (non-hydrogen) atoms. The minimum atomic E-state index is -0.976. The lowest BCUT2D eigenvalue weighted by Crippen LogP contribution is -2.28. The fourth-order valence-corrected chi connectivity index (χ4v) is 2.04. The lowest BCUT2D eigenvalue weighted by Gasteiger charge is -2.18. The predicted octanol–water partition coefficient (Wildman–Crippen LogP) is 3.43. The van der Waals surface area contributed by atoms with Crippen molar-refractivity contribution < 1.29 is 9.18 Å². The summed E-state index contributed by atoms with van der Waals surface area (Å²) < 4.78 is 14.0. The maximum atomic E-state index is 14.0. The minimum absolute atomic E-state index is 0.0422. The quantitative estimate of drug-likeness (QED) is 0.907. The van der Waals surface area contributed by atoms with Gasteiger partial charge < -0.3 is 11.1 Å². The molecule has 3 nitrogen and oxygen atoms in total. The summed E-state index contributed by atoms with van der Waals surface area (Å²) in [6.07, 6.45) is 0. The van der Waals surface area contributed by atoms with Gasteiger partial charge in [-0.25, -0.2) is 4.39 Å². The highest BCUT2D eigenvalue weighted by molar-refractivity contribution is 6.30. The molecular formula is C15H14ClFN2O. The van der Waals surface area contributed by atoms with Gasteiger partial charge in [0, 0.05) is 11.3 Å². The van der Waals surface area contributed by atoms with Gasteiger partial charge in [-0.1, -0.05) is 41.4 Å². The van der Waals surface area contributed by atoms with Gasteiger partial charge in [0.15, 0.2) is 0 Å². The molecule has 2 aromatic carbocycles. The molecule has 0 aliphatic rings. The number of primary amides is 1. The zero-order valence-corrected chi connectivity index (χ0v) is 11.6. The molecule has 2 aromatic rings. The zero-order chi connectivity index (χ0) is 14.7. The van der Waals surface area contributed by atoms with Crippen molar-refractivity contribution >= 4 is 23.2 Å². The fourth-order valence-electron chi connectivity index (χ4n) is 1.86. The third-order valence-corrected chi connectivity index (χ3v) is 3.23. The molecule has 0 bridgehead atoms. The van der Waals surface area contributed by atoms with E-state index in [1.165, 1.54) is 12.1 Å². The van der Waals surface area contributed by atoms with Gasteiger partial charge >= 0.3 is 0 Å². The number of nitrogens with one attached hydrogen (secondary N) is 1. The first-order chi connectivity index (χ1) is 9.49. The number of anilines is 1. The molecule has 0 heterocycles. The SMILES string of the molecule is Cc1ccc(NC(C(N)=O)c2cccc(Cl)c2F)cc1. The van der Waals surface area contributed by atoms with Crippen LogP contribution in [0.4, 0.5) is 10.1 Å². The van der Waals surface area contributed by atoms with Gasteiger partial charge in [0.2, 0.25) is 5.91 Å². The third-order valence-electron chi connectivity index (χ3n) is 2.94. The first-order valence-electron chi connectivity index (χ1n) is 6.05. The van der Waals surface area contributed by atoms with Gasteiger partial charge in [-0.15, -0.1) is 0 Å². The normalized spacial score (nSPS) is 11.9. The van der Waals surface area contributed by atoms with E-state index in [9.17, 15) is 9.18 Å². The number of halogens is 2. The van der Waals surface area contributed by atoms with E-state index in [1.54, 1.807) is 18.2 Å². The second kappa shape index (κ2) is 5.92. The highest BCUT2D eigenvalue weighted by atomic mass is 35.5. The van der Waals surface area contributed by atoms with Crippen LogP contribution in [-0.2, 0) is 4.79 Å². The van der Waals surface area contributed by atoms with Crippen LogP contribution in [0.5, 0.6) is 0 Å². The van der Waals surface area contributed by atoms with Crippen molar-refractivity contribution in [1.29, 1.82) is 0 Å². The Morgan fingerprint density at radius 2 is 1.90 bits per heavy atom. The molecule has 0 fully saturated rings. The Morgan fingerprint density at radius 3 is 2.50 bits per heavy atom. The Labute approximate surface area is 121 Å². The maximum Gasteiger partial charge on any atom is 0.244 e. The smallest absolute Gasteiger partial charge is 0.244 e. The fraction of sp³-hybridized carbons (Fsp3) is 0.133. The van der Waals surface area contributed by atoms with E-state index in [0.717, 1.165) is 5.56 Å². The van der Waals surface area contributed by atoms with Gasteiger partial charge in [-0.3, -0.25) is 4.79 Å². The number of benzene rings is 2. The molecule has 1 amide bonds. The average Bonchev–Trinajstić information content (AvgIpc) is 2.41. The first kappa shape index (κ1) is 14.3.